The lowest BCUT2D eigenvalue weighted by Gasteiger charge is -2.23. The molecule has 102 valence electrons. The number of hydrogen-bond acceptors (Lipinski definition) is 1. The fourth-order valence-electron chi connectivity index (χ4n) is 3.01. The van der Waals surface area contributed by atoms with E-state index in [1.807, 2.05) is 0 Å². The van der Waals surface area contributed by atoms with Gasteiger partial charge in [0.25, 0.3) is 0 Å². The zero-order chi connectivity index (χ0) is 12.3. The monoisotopic (exact) mass is 239 g/mol. The minimum absolute atomic E-state index is 0.991. The summed E-state index contributed by atoms with van der Waals surface area (Å²) in [7, 11) is 0. The molecule has 17 heavy (non-hydrogen) atoms. The molecule has 1 nitrogen and oxygen atoms in total. The van der Waals surface area contributed by atoms with Crippen molar-refractivity contribution in [1.29, 1.82) is 0 Å². The van der Waals surface area contributed by atoms with E-state index in [0.29, 0.717) is 0 Å². The van der Waals surface area contributed by atoms with Crippen molar-refractivity contribution in [3.8, 4) is 0 Å². The summed E-state index contributed by atoms with van der Waals surface area (Å²) < 4.78 is 0. The SMILES string of the molecule is CCCCCCC(CCCC)CN1CCCC1. The highest BCUT2D eigenvalue weighted by Crippen LogP contribution is 2.20. The van der Waals surface area contributed by atoms with E-state index in [2.05, 4.69) is 18.7 Å². The van der Waals surface area contributed by atoms with E-state index in [0.717, 1.165) is 5.92 Å². The third-order valence-electron chi connectivity index (χ3n) is 4.15. The molecule has 1 heteroatoms. The van der Waals surface area contributed by atoms with Crippen molar-refractivity contribution in [2.45, 2.75) is 78.1 Å². The van der Waals surface area contributed by atoms with Crippen LogP contribution in [0.2, 0.25) is 0 Å². The number of likely N-dealkylation sites (tertiary alicyclic amines) is 1. The van der Waals surface area contributed by atoms with Gasteiger partial charge >= 0.3 is 0 Å². The molecular weight excluding hydrogens is 206 g/mol. The van der Waals surface area contributed by atoms with E-state index in [9.17, 15) is 0 Å². The van der Waals surface area contributed by atoms with Crippen molar-refractivity contribution in [2.24, 2.45) is 5.92 Å². The van der Waals surface area contributed by atoms with E-state index in [4.69, 9.17) is 0 Å². The van der Waals surface area contributed by atoms with Crippen LogP contribution >= 0.6 is 0 Å². The molecule has 1 heterocycles. The van der Waals surface area contributed by atoms with Crippen LogP contribution in [0.4, 0.5) is 0 Å². The molecule has 0 radical (unpaired) electrons. The first-order valence-corrected chi connectivity index (χ1v) is 8.09. The molecule has 0 amide bonds. The van der Waals surface area contributed by atoms with Gasteiger partial charge in [0, 0.05) is 6.54 Å². The van der Waals surface area contributed by atoms with E-state index >= 15 is 0 Å². The lowest BCUT2D eigenvalue weighted by atomic mass is 9.94. The van der Waals surface area contributed by atoms with Crippen LogP contribution in [0.15, 0.2) is 0 Å². The van der Waals surface area contributed by atoms with Crippen molar-refractivity contribution in [3.63, 3.8) is 0 Å². The van der Waals surface area contributed by atoms with E-state index < -0.39 is 0 Å². The molecule has 0 aliphatic carbocycles. The molecule has 0 spiro atoms. The van der Waals surface area contributed by atoms with Crippen molar-refractivity contribution < 1.29 is 0 Å². The second-order valence-electron chi connectivity index (χ2n) is 5.87. The maximum atomic E-state index is 2.71. The molecule has 1 aliphatic heterocycles. The Morgan fingerprint density at radius 3 is 2.12 bits per heavy atom. The normalized spacial score (nSPS) is 18.7. The second-order valence-corrected chi connectivity index (χ2v) is 5.87. The molecule has 0 bridgehead atoms. The summed E-state index contributed by atoms with van der Waals surface area (Å²) in [5.41, 5.74) is 0. The second kappa shape index (κ2) is 9.94. The van der Waals surface area contributed by atoms with Gasteiger partial charge in [-0.25, -0.2) is 0 Å². The summed E-state index contributed by atoms with van der Waals surface area (Å²) in [5, 5.41) is 0. The molecule has 1 unspecified atom stereocenters. The highest BCUT2D eigenvalue weighted by molar-refractivity contribution is 4.71. The third-order valence-corrected chi connectivity index (χ3v) is 4.15. The Labute approximate surface area is 109 Å². The number of rotatable bonds is 10. The Morgan fingerprint density at radius 1 is 0.824 bits per heavy atom. The first kappa shape index (κ1) is 15.0. The van der Waals surface area contributed by atoms with E-state index in [1.54, 1.807) is 0 Å². The molecule has 1 saturated heterocycles. The first-order chi connectivity index (χ1) is 8.36. The lowest BCUT2D eigenvalue weighted by Crippen LogP contribution is -2.26. The van der Waals surface area contributed by atoms with Crippen LogP contribution in [-0.2, 0) is 0 Å². The Morgan fingerprint density at radius 2 is 1.47 bits per heavy atom. The maximum absolute atomic E-state index is 2.71. The van der Waals surface area contributed by atoms with Crippen LogP contribution < -0.4 is 0 Å². The van der Waals surface area contributed by atoms with Gasteiger partial charge in [0.1, 0.15) is 0 Å². The summed E-state index contributed by atoms with van der Waals surface area (Å²) in [4.78, 5) is 2.71. The molecule has 0 saturated carbocycles. The summed E-state index contributed by atoms with van der Waals surface area (Å²) in [6, 6.07) is 0. The van der Waals surface area contributed by atoms with Crippen LogP contribution in [0.25, 0.3) is 0 Å². The molecule has 0 N–H and O–H groups in total. The standard InChI is InChI=1S/C16H33N/c1-3-5-7-8-12-16(11-6-4-2)15-17-13-9-10-14-17/h16H,3-15H2,1-2H3. The van der Waals surface area contributed by atoms with Crippen LogP contribution in [0.1, 0.15) is 78.1 Å². The largest absolute Gasteiger partial charge is 0.303 e. The topological polar surface area (TPSA) is 3.24 Å². The van der Waals surface area contributed by atoms with Crippen LogP contribution in [-0.4, -0.2) is 24.5 Å². The Hall–Kier alpha value is -0.0400. The van der Waals surface area contributed by atoms with Gasteiger partial charge in [-0.2, -0.15) is 0 Å². The molecule has 1 rings (SSSR count). The minimum Gasteiger partial charge on any atom is -0.303 e. The van der Waals surface area contributed by atoms with E-state index in [1.165, 1.54) is 83.8 Å². The molecular formula is C16H33N. The van der Waals surface area contributed by atoms with Crippen LogP contribution in [0.3, 0.4) is 0 Å². The van der Waals surface area contributed by atoms with Crippen LogP contribution in [0.5, 0.6) is 0 Å². The number of hydrogen-bond donors (Lipinski definition) is 0. The fraction of sp³-hybridized carbons (Fsp3) is 1.00. The van der Waals surface area contributed by atoms with E-state index in [-0.39, 0.29) is 0 Å². The van der Waals surface area contributed by atoms with Gasteiger partial charge in [0.15, 0.2) is 0 Å². The van der Waals surface area contributed by atoms with Gasteiger partial charge in [0.2, 0.25) is 0 Å². The van der Waals surface area contributed by atoms with Crippen molar-refractivity contribution in [1.82, 2.24) is 4.90 Å². The third kappa shape index (κ3) is 7.08. The summed E-state index contributed by atoms with van der Waals surface area (Å²) in [6.07, 6.45) is 14.4. The predicted molar refractivity (Wildman–Crippen MR) is 77.4 cm³/mol. The highest BCUT2D eigenvalue weighted by atomic mass is 15.1. The summed E-state index contributed by atoms with van der Waals surface area (Å²) in [6.45, 7) is 8.77. The zero-order valence-electron chi connectivity index (χ0n) is 12.2. The Balaban J connectivity index is 2.16. The quantitative estimate of drug-likeness (QED) is 0.492. The number of nitrogens with zero attached hydrogens (tertiary/aromatic N) is 1. The average molecular weight is 239 g/mol. The predicted octanol–water partition coefficient (Wildman–Crippen LogP) is 4.86. The molecule has 0 aromatic heterocycles. The molecule has 0 aromatic rings. The molecule has 1 atom stereocenters. The summed E-state index contributed by atoms with van der Waals surface area (Å²) >= 11 is 0. The zero-order valence-corrected chi connectivity index (χ0v) is 12.2. The van der Waals surface area contributed by atoms with Gasteiger partial charge in [0.05, 0.1) is 0 Å². The van der Waals surface area contributed by atoms with Crippen LogP contribution in [0, 0.1) is 5.92 Å². The Bertz CT molecular complexity index is 161. The Kier molecular flexibility index (Phi) is 8.78. The molecule has 1 aliphatic rings. The first-order valence-electron chi connectivity index (χ1n) is 8.09. The number of unbranched alkanes of at least 4 members (excludes halogenated alkanes) is 4. The fourth-order valence-corrected chi connectivity index (χ4v) is 3.01. The molecule has 0 aromatic carbocycles. The van der Waals surface area contributed by atoms with Gasteiger partial charge in [-0.1, -0.05) is 52.4 Å². The van der Waals surface area contributed by atoms with Crippen molar-refractivity contribution in [2.75, 3.05) is 19.6 Å². The smallest absolute Gasteiger partial charge is 0.000966 e. The van der Waals surface area contributed by atoms with Gasteiger partial charge in [-0.3, -0.25) is 0 Å². The lowest BCUT2D eigenvalue weighted by molar-refractivity contribution is 0.252. The van der Waals surface area contributed by atoms with Crippen molar-refractivity contribution >= 4 is 0 Å². The van der Waals surface area contributed by atoms with Gasteiger partial charge < -0.3 is 4.90 Å². The molecule has 1 fully saturated rings. The summed E-state index contributed by atoms with van der Waals surface area (Å²) in [5.74, 6) is 0.991. The average Bonchev–Trinajstić information content (AvgIpc) is 2.84. The minimum atomic E-state index is 0.991. The van der Waals surface area contributed by atoms with Gasteiger partial charge in [-0.15, -0.1) is 0 Å². The highest BCUT2D eigenvalue weighted by Gasteiger charge is 2.16. The van der Waals surface area contributed by atoms with Crippen molar-refractivity contribution in [3.05, 3.63) is 0 Å². The maximum Gasteiger partial charge on any atom is 0.000966 e. The van der Waals surface area contributed by atoms with Gasteiger partial charge in [-0.05, 0) is 44.7 Å².